The molecule has 16 heavy (non-hydrogen) atoms. The Kier molecular flexibility index (Phi) is 4.78. The first-order valence-electron chi connectivity index (χ1n) is 5.18. The van der Waals surface area contributed by atoms with Gasteiger partial charge in [0.25, 0.3) is 0 Å². The normalized spacial score (nSPS) is 12.4. The molecule has 0 radical (unpaired) electrons. The minimum Gasteiger partial charge on any atom is -0.396 e. The Morgan fingerprint density at radius 2 is 2.50 bits per heavy atom. The van der Waals surface area contributed by atoms with Gasteiger partial charge in [-0.3, -0.25) is 9.48 Å². The van der Waals surface area contributed by atoms with Crippen molar-refractivity contribution in [2.45, 2.75) is 25.9 Å². The maximum absolute atomic E-state index is 11.5. The summed E-state index contributed by atoms with van der Waals surface area (Å²) in [6, 6.07) is 0.0976. The fourth-order valence-corrected chi connectivity index (χ4v) is 1.30. The third kappa shape index (κ3) is 4.31. The average molecular weight is 226 g/mol. The number of amides is 1. The molecule has 1 amide bonds. The minimum atomic E-state index is -0.0771. The second-order valence-electron chi connectivity index (χ2n) is 3.72. The Morgan fingerprint density at radius 1 is 1.75 bits per heavy atom. The van der Waals surface area contributed by atoms with Crippen LogP contribution in [0.1, 0.15) is 13.3 Å². The highest BCUT2D eigenvalue weighted by Gasteiger charge is 2.08. The highest BCUT2D eigenvalue weighted by atomic mass is 16.5. The Balaban J connectivity index is 2.30. The van der Waals surface area contributed by atoms with E-state index in [0.717, 1.165) is 6.42 Å². The Hall–Kier alpha value is -1.56. The van der Waals surface area contributed by atoms with Crippen molar-refractivity contribution in [1.82, 2.24) is 15.1 Å². The van der Waals surface area contributed by atoms with Crippen LogP contribution in [0.15, 0.2) is 12.4 Å². The summed E-state index contributed by atoms with van der Waals surface area (Å²) >= 11 is 0. The van der Waals surface area contributed by atoms with Gasteiger partial charge in [-0.15, -0.1) is 0 Å². The molecule has 90 valence electrons. The molecule has 0 spiro atoms. The average Bonchev–Trinajstić information content (AvgIpc) is 2.60. The molecule has 0 aliphatic carbocycles. The number of rotatable bonds is 6. The number of aromatic nitrogens is 2. The fraction of sp³-hybridized carbons (Fsp3) is 0.600. The van der Waals surface area contributed by atoms with E-state index >= 15 is 0 Å². The van der Waals surface area contributed by atoms with Crippen LogP contribution >= 0.6 is 0 Å². The highest BCUT2D eigenvalue weighted by Crippen LogP contribution is 1.97. The lowest BCUT2D eigenvalue weighted by atomic mass is 10.2. The van der Waals surface area contributed by atoms with Gasteiger partial charge in [0.1, 0.15) is 6.54 Å². The number of methoxy groups -OCH3 is 1. The van der Waals surface area contributed by atoms with Crippen LogP contribution in [0, 0.1) is 0 Å². The summed E-state index contributed by atoms with van der Waals surface area (Å²) in [5.74, 6) is -0.0771. The van der Waals surface area contributed by atoms with E-state index in [1.54, 1.807) is 13.3 Å². The van der Waals surface area contributed by atoms with Gasteiger partial charge in [0.15, 0.2) is 0 Å². The Bertz CT molecular complexity index is 337. The summed E-state index contributed by atoms with van der Waals surface area (Å²) in [7, 11) is 1.64. The molecule has 1 heterocycles. The van der Waals surface area contributed by atoms with Crippen molar-refractivity contribution in [3.05, 3.63) is 12.4 Å². The predicted molar refractivity (Wildman–Crippen MR) is 60.7 cm³/mol. The zero-order valence-corrected chi connectivity index (χ0v) is 9.64. The maximum atomic E-state index is 11.5. The molecule has 0 aromatic carbocycles. The van der Waals surface area contributed by atoms with Gasteiger partial charge in [0, 0.05) is 26.0 Å². The molecule has 0 bridgehead atoms. The fourth-order valence-electron chi connectivity index (χ4n) is 1.30. The van der Waals surface area contributed by atoms with Crippen LogP contribution in [-0.4, -0.2) is 35.4 Å². The van der Waals surface area contributed by atoms with E-state index in [4.69, 9.17) is 10.5 Å². The molecule has 3 N–H and O–H groups in total. The molecule has 0 aliphatic heterocycles. The van der Waals surface area contributed by atoms with E-state index in [9.17, 15) is 4.79 Å². The van der Waals surface area contributed by atoms with Crippen LogP contribution in [0.4, 0.5) is 5.69 Å². The first-order chi connectivity index (χ1) is 7.61. The molecule has 1 unspecified atom stereocenters. The van der Waals surface area contributed by atoms with Gasteiger partial charge in [-0.2, -0.15) is 5.10 Å². The topological polar surface area (TPSA) is 82.2 Å². The number of hydrogen-bond donors (Lipinski definition) is 2. The third-order valence-corrected chi connectivity index (χ3v) is 2.12. The molecule has 6 heteroatoms. The number of nitrogens with two attached hydrogens (primary N) is 1. The molecule has 1 atom stereocenters. The van der Waals surface area contributed by atoms with Crippen LogP contribution in [0.2, 0.25) is 0 Å². The SMILES string of the molecule is COCCC(C)NC(=O)Cn1cc(N)cn1. The number of nitrogens with one attached hydrogen (secondary N) is 1. The van der Waals surface area contributed by atoms with Gasteiger partial charge < -0.3 is 15.8 Å². The quantitative estimate of drug-likeness (QED) is 0.715. The van der Waals surface area contributed by atoms with Crippen LogP contribution in [0.5, 0.6) is 0 Å². The molecule has 0 aliphatic rings. The van der Waals surface area contributed by atoms with Crippen molar-refractivity contribution in [1.29, 1.82) is 0 Å². The van der Waals surface area contributed by atoms with E-state index in [2.05, 4.69) is 10.4 Å². The van der Waals surface area contributed by atoms with Gasteiger partial charge in [-0.25, -0.2) is 0 Å². The number of carbonyl (C=O) groups is 1. The van der Waals surface area contributed by atoms with Crippen LogP contribution < -0.4 is 11.1 Å². The molecule has 1 aromatic heterocycles. The van der Waals surface area contributed by atoms with Crippen molar-refractivity contribution < 1.29 is 9.53 Å². The van der Waals surface area contributed by atoms with Crippen molar-refractivity contribution in [2.24, 2.45) is 0 Å². The van der Waals surface area contributed by atoms with Crippen molar-refractivity contribution in [3.8, 4) is 0 Å². The number of carbonyl (C=O) groups excluding carboxylic acids is 1. The smallest absolute Gasteiger partial charge is 0.241 e. The van der Waals surface area contributed by atoms with Gasteiger partial charge >= 0.3 is 0 Å². The summed E-state index contributed by atoms with van der Waals surface area (Å²) in [6.07, 6.45) is 3.94. The Morgan fingerprint density at radius 3 is 3.06 bits per heavy atom. The zero-order valence-electron chi connectivity index (χ0n) is 9.64. The van der Waals surface area contributed by atoms with E-state index in [-0.39, 0.29) is 18.5 Å². The molecule has 0 fully saturated rings. The molecule has 0 saturated heterocycles. The number of anilines is 1. The second-order valence-corrected chi connectivity index (χ2v) is 3.72. The minimum absolute atomic E-state index is 0.0771. The van der Waals surface area contributed by atoms with Gasteiger partial charge in [-0.1, -0.05) is 0 Å². The molecule has 0 saturated carbocycles. The molecule has 1 rings (SSSR count). The summed E-state index contributed by atoms with van der Waals surface area (Å²) in [5, 5.41) is 6.78. The lowest BCUT2D eigenvalue weighted by Crippen LogP contribution is -2.35. The summed E-state index contributed by atoms with van der Waals surface area (Å²) in [4.78, 5) is 11.5. The summed E-state index contributed by atoms with van der Waals surface area (Å²) < 4.78 is 6.44. The van der Waals surface area contributed by atoms with Gasteiger partial charge in [-0.05, 0) is 13.3 Å². The van der Waals surface area contributed by atoms with E-state index in [0.29, 0.717) is 12.3 Å². The van der Waals surface area contributed by atoms with E-state index in [1.165, 1.54) is 10.9 Å². The first-order valence-corrected chi connectivity index (χ1v) is 5.18. The van der Waals surface area contributed by atoms with Crippen LogP contribution in [-0.2, 0) is 16.1 Å². The molecular formula is C10H18N4O2. The highest BCUT2D eigenvalue weighted by molar-refractivity contribution is 5.75. The monoisotopic (exact) mass is 226 g/mol. The second kappa shape index (κ2) is 6.12. The lowest BCUT2D eigenvalue weighted by molar-refractivity contribution is -0.122. The zero-order chi connectivity index (χ0) is 12.0. The standard InChI is InChI=1S/C10H18N4O2/c1-8(3-4-16-2)13-10(15)7-14-6-9(11)5-12-14/h5-6,8H,3-4,7,11H2,1-2H3,(H,13,15). The van der Waals surface area contributed by atoms with Crippen molar-refractivity contribution in [2.75, 3.05) is 19.5 Å². The van der Waals surface area contributed by atoms with Crippen molar-refractivity contribution in [3.63, 3.8) is 0 Å². The number of nitrogens with zero attached hydrogens (tertiary/aromatic N) is 2. The lowest BCUT2D eigenvalue weighted by Gasteiger charge is -2.13. The van der Waals surface area contributed by atoms with Gasteiger partial charge in [0.2, 0.25) is 5.91 Å². The summed E-state index contributed by atoms with van der Waals surface area (Å²) in [5.41, 5.74) is 6.05. The van der Waals surface area contributed by atoms with E-state index in [1.807, 2.05) is 6.92 Å². The predicted octanol–water partition coefficient (Wildman–Crippen LogP) is 0.00650. The third-order valence-electron chi connectivity index (χ3n) is 2.12. The van der Waals surface area contributed by atoms with Crippen LogP contribution in [0.3, 0.4) is 0 Å². The largest absolute Gasteiger partial charge is 0.396 e. The Labute approximate surface area is 94.8 Å². The summed E-state index contributed by atoms with van der Waals surface area (Å²) in [6.45, 7) is 2.76. The molecule has 1 aromatic rings. The van der Waals surface area contributed by atoms with Crippen LogP contribution in [0.25, 0.3) is 0 Å². The number of nitrogen functional groups attached to an aromatic ring is 1. The number of hydrogen-bond acceptors (Lipinski definition) is 4. The van der Waals surface area contributed by atoms with E-state index < -0.39 is 0 Å². The number of ether oxygens (including phenoxy) is 1. The first kappa shape index (κ1) is 12.5. The molecular weight excluding hydrogens is 208 g/mol. The van der Waals surface area contributed by atoms with Crippen molar-refractivity contribution >= 4 is 11.6 Å². The maximum Gasteiger partial charge on any atom is 0.241 e. The van der Waals surface area contributed by atoms with Gasteiger partial charge in [0.05, 0.1) is 11.9 Å². The molecule has 6 nitrogen and oxygen atoms in total.